The van der Waals surface area contributed by atoms with Crippen LogP contribution in [0.15, 0.2) is 24.4 Å². The first-order valence-corrected chi connectivity index (χ1v) is 7.28. The fourth-order valence-corrected chi connectivity index (χ4v) is 3.15. The molecule has 2 heterocycles. The van der Waals surface area contributed by atoms with E-state index in [9.17, 15) is 9.90 Å². The Hall–Kier alpha value is -2.01. The van der Waals surface area contributed by atoms with Crippen molar-refractivity contribution < 1.29 is 14.6 Å². The minimum Gasteiger partial charge on any atom is -0.496 e. The summed E-state index contributed by atoms with van der Waals surface area (Å²) in [6.45, 7) is 0.784. The van der Waals surface area contributed by atoms with E-state index in [0.717, 1.165) is 41.6 Å². The summed E-state index contributed by atoms with van der Waals surface area (Å²) in [5, 5.41) is 10.3. The van der Waals surface area contributed by atoms with Crippen molar-refractivity contribution in [3.05, 3.63) is 30.0 Å². The smallest absolute Gasteiger partial charge is 0.227 e. The molecule has 1 aromatic heterocycles. The maximum absolute atomic E-state index is 12.5. The van der Waals surface area contributed by atoms with Crippen molar-refractivity contribution in [3.8, 4) is 5.75 Å². The van der Waals surface area contributed by atoms with Crippen molar-refractivity contribution >= 4 is 16.8 Å². The Morgan fingerprint density at radius 1 is 1.52 bits per heavy atom. The lowest BCUT2D eigenvalue weighted by atomic mass is 10.1. The van der Waals surface area contributed by atoms with Crippen LogP contribution in [0.25, 0.3) is 10.9 Å². The molecule has 112 valence electrons. The molecule has 1 fully saturated rings. The van der Waals surface area contributed by atoms with E-state index >= 15 is 0 Å². The molecule has 0 unspecified atom stereocenters. The predicted octanol–water partition coefficient (Wildman–Crippen LogP) is 1.70. The van der Waals surface area contributed by atoms with Gasteiger partial charge >= 0.3 is 0 Å². The van der Waals surface area contributed by atoms with Gasteiger partial charge in [-0.25, -0.2) is 0 Å². The fourth-order valence-electron chi connectivity index (χ4n) is 3.15. The van der Waals surface area contributed by atoms with E-state index in [-0.39, 0.29) is 18.6 Å². The van der Waals surface area contributed by atoms with Crippen molar-refractivity contribution in [2.45, 2.75) is 25.3 Å². The van der Waals surface area contributed by atoms with Crippen LogP contribution in [0, 0.1) is 0 Å². The lowest BCUT2D eigenvalue weighted by Crippen LogP contribution is -2.38. The zero-order valence-electron chi connectivity index (χ0n) is 12.1. The normalized spacial score (nSPS) is 18.4. The largest absolute Gasteiger partial charge is 0.496 e. The highest BCUT2D eigenvalue weighted by molar-refractivity contribution is 5.93. The highest BCUT2D eigenvalue weighted by Gasteiger charge is 2.28. The number of aliphatic hydroxyl groups is 1. The number of aromatic nitrogens is 1. The first-order chi connectivity index (χ1) is 10.2. The molecule has 5 nitrogen and oxygen atoms in total. The lowest BCUT2D eigenvalue weighted by molar-refractivity contribution is -0.131. The number of nitrogens with zero attached hydrogens (tertiary/aromatic N) is 1. The second-order valence-corrected chi connectivity index (χ2v) is 5.44. The SMILES string of the molecule is COc1cccc2[nH]cc(CC(=O)N3CCC[C@@H]3CO)c12. The number of nitrogens with one attached hydrogen (secondary N) is 1. The van der Waals surface area contributed by atoms with Crippen LogP contribution < -0.4 is 4.74 Å². The maximum atomic E-state index is 12.5. The van der Waals surface area contributed by atoms with Crippen LogP contribution in [0.4, 0.5) is 0 Å². The molecule has 2 N–H and O–H groups in total. The first-order valence-electron chi connectivity index (χ1n) is 7.28. The number of ether oxygens (including phenoxy) is 1. The van der Waals surface area contributed by atoms with Crippen LogP contribution in [0.5, 0.6) is 5.75 Å². The third-order valence-electron chi connectivity index (χ3n) is 4.22. The summed E-state index contributed by atoms with van der Waals surface area (Å²) in [6.07, 6.45) is 4.06. The molecule has 1 aliphatic heterocycles. The number of carbonyl (C=O) groups is 1. The van der Waals surface area contributed by atoms with Gasteiger partial charge in [0.1, 0.15) is 5.75 Å². The minimum atomic E-state index is -0.0235. The molecular formula is C16H20N2O3. The molecule has 3 rings (SSSR count). The highest BCUT2D eigenvalue weighted by Crippen LogP contribution is 2.29. The van der Waals surface area contributed by atoms with E-state index < -0.39 is 0 Å². The lowest BCUT2D eigenvalue weighted by Gasteiger charge is -2.23. The molecule has 21 heavy (non-hydrogen) atoms. The van der Waals surface area contributed by atoms with Gasteiger partial charge in [-0.2, -0.15) is 0 Å². The number of fused-ring (bicyclic) bond motifs is 1. The number of methoxy groups -OCH3 is 1. The fraction of sp³-hybridized carbons (Fsp3) is 0.438. The van der Waals surface area contributed by atoms with Gasteiger partial charge in [0.2, 0.25) is 5.91 Å². The predicted molar refractivity (Wildman–Crippen MR) is 80.4 cm³/mol. The third-order valence-corrected chi connectivity index (χ3v) is 4.22. The Morgan fingerprint density at radius 3 is 3.14 bits per heavy atom. The number of amides is 1. The Bertz CT molecular complexity index is 650. The van der Waals surface area contributed by atoms with Crippen molar-refractivity contribution in [2.75, 3.05) is 20.3 Å². The molecule has 5 heteroatoms. The van der Waals surface area contributed by atoms with Gasteiger partial charge in [0.05, 0.1) is 26.2 Å². The Morgan fingerprint density at radius 2 is 2.38 bits per heavy atom. The summed E-state index contributed by atoms with van der Waals surface area (Å²) in [5.41, 5.74) is 1.91. The van der Waals surface area contributed by atoms with E-state index in [1.54, 1.807) is 12.0 Å². The van der Waals surface area contributed by atoms with Crippen LogP contribution in [-0.4, -0.2) is 47.2 Å². The third kappa shape index (κ3) is 2.49. The van der Waals surface area contributed by atoms with Gasteiger partial charge in [-0.1, -0.05) is 6.07 Å². The molecule has 1 saturated heterocycles. The molecule has 2 aromatic rings. The zero-order chi connectivity index (χ0) is 14.8. The highest BCUT2D eigenvalue weighted by atomic mass is 16.5. The summed E-state index contributed by atoms with van der Waals surface area (Å²) in [5.74, 6) is 0.843. The molecule has 1 aromatic carbocycles. The topological polar surface area (TPSA) is 65.6 Å². The average Bonchev–Trinajstić information content (AvgIpc) is 3.13. The van der Waals surface area contributed by atoms with Gasteiger partial charge < -0.3 is 19.7 Å². The number of hydrogen-bond donors (Lipinski definition) is 2. The average molecular weight is 288 g/mol. The summed E-state index contributed by atoms with van der Waals surface area (Å²) in [7, 11) is 1.63. The zero-order valence-corrected chi connectivity index (χ0v) is 12.1. The number of H-pyrrole nitrogens is 1. The molecule has 1 atom stereocenters. The van der Waals surface area contributed by atoms with E-state index in [0.29, 0.717) is 6.42 Å². The van der Waals surface area contributed by atoms with Gasteiger partial charge in [-0.05, 0) is 30.5 Å². The van der Waals surface area contributed by atoms with Crippen LogP contribution in [0.2, 0.25) is 0 Å². The Kier molecular flexibility index (Phi) is 3.84. The van der Waals surface area contributed by atoms with E-state index in [2.05, 4.69) is 4.98 Å². The van der Waals surface area contributed by atoms with Crippen molar-refractivity contribution in [1.29, 1.82) is 0 Å². The number of rotatable bonds is 4. The summed E-state index contributed by atoms with van der Waals surface area (Å²) < 4.78 is 5.39. The second-order valence-electron chi connectivity index (χ2n) is 5.44. The van der Waals surface area contributed by atoms with Gasteiger partial charge in [0, 0.05) is 23.6 Å². The second kappa shape index (κ2) is 5.77. The number of hydrogen-bond acceptors (Lipinski definition) is 3. The molecule has 1 amide bonds. The van der Waals surface area contributed by atoms with Crippen LogP contribution in [0.3, 0.4) is 0 Å². The van der Waals surface area contributed by atoms with Gasteiger partial charge in [-0.3, -0.25) is 4.79 Å². The van der Waals surface area contributed by atoms with Crippen LogP contribution in [-0.2, 0) is 11.2 Å². The molecule has 1 aliphatic rings. The van der Waals surface area contributed by atoms with Crippen molar-refractivity contribution in [1.82, 2.24) is 9.88 Å². The van der Waals surface area contributed by atoms with E-state index in [1.807, 2.05) is 24.4 Å². The Balaban J connectivity index is 1.86. The van der Waals surface area contributed by atoms with Crippen molar-refractivity contribution in [2.24, 2.45) is 0 Å². The maximum Gasteiger partial charge on any atom is 0.227 e. The van der Waals surface area contributed by atoms with Gasteiger partial charge in [-0.15, -0.1) is 0 Å². The van der Waals surface area contributed by atoms with Crippen LogP contribution in [0.1, 0.15) is 18.4 Å². The van der Waals surface area contributed by atoms with Gasteiger partial charge in [0.15, 0.2) is 0 Å². The number of aromatic amines is 1. The van der Waals surface area contributed by atoms with Gasteiger partial charge in [0.25, 0.3) is 0 Å². The number of likely N-dealkylation sites (tertiary alicyclic amines) is 1. The molecular weight excluding hydrogens is 268 g/mol. The minimum absolute atomic E-state index is 0.0235. The number of carbonyl (C=O) groups excluding carboxylic acids is 1. The quantitative estimate of drug-likeness (QED) is 0.900. The molecule has 0 aliphatic carbocycles. The molecule has 0 saturated carbocycles. The molecule has 0 bridgehead atoms. The first kappa shape index (κ1) is 13.9. The van der Waals surface area contributed by atoms with E-state index in [1.165, 1.54) is 0 Å². The van der Waals surface area contributed by atoms with Crippen LogP contribution >= 0.6 is 0 Å². The molecule has 0 spiro atoms. The van der Waals surface area contributed by atoms with E-state index in [4.69, 9.17) is 4.74 Å². The monoisotopic (exact) mass is 288 g/mol. The Labute approximate surface area is 123 Å². The molecule has 0 radical (unpaired) electrons. The summed E-state index contributed by atoms with van der Waals surface area (Å²) in [6, 6.07) is 5.77. The summed E-state index contributed by atoms with van der Waals surface area (Å²) >= 11 is 0. The van der Waals surface area contributed by atoms with Crippen molar-refractivity contribution in [3.63, 3.8) is 0 Å². The number of aliphatic hydroxyl groups excluding tert-OH is 1. The number of benzene rings is 1. The summed E-state index contributed by atoms with van der Waals surface area (Å²) in [4.78, 5) is 17.5. The standard InChI is InChI=1S/C16H20N2O3/c1-21-14-6-2-5-13-16(14)11(9-17-13)8-15(20)18-7-3-4-12(18)10-19/h2,5-6,9,12,17,19H,3-4,7-8,10H2,1H3/t12-/m1/s1.